The second-order valence-electron chi connectivity index (χ2n) is 18.8. The molecule has 78 heavy (non-hydrogen) atoms. The number of carbonyl (C=O) groups is 4. The van der Waals surface area contributed by atoms with Crippen molar-refractivity contribution in [1.29, 1.82) is 0 Å². The first kappa shape index (κ1) is 80.7. The Bertz CT molecular complexity index is 1390. The average Bonchev–Trinajstić information content (AvgIpc) is 3.36. The molecule has 0 aromatic rings. The van der Waals surface area contributed by atoms with Crippen molar-refractivity contribution in [3.8, 4) is 0 Å². The van der Waals surface area contributed by atoms with Crippen molar-refractivity contribution in [1.82, 2.24) is 5.32 Å². The monoisotopic (exact) mass is 1130 g/mol. The quantitative estimate of drug-likeness (QED) is 0.0169. The molecule has 25 nitrogen and oxygen atoms in total. The molecule has 0 saturated carbocycles. The number of esters is 3. The van der Waals surface area contributed by atoms with Gasteiger partial charge in [0.1, 0.15) is 23.4 Å². The van der Waals surface area contributed by atoms with E-state index in [0.717, 1.165) is 31.8 Å². The second-order valence-corrected chi connectivity index (χ2v) is 18.8. The first-order valence-electron chi connectivity index (χ1n) is 26.6. The summed E-state index contributed by atoms with van der Waals surface area (Å²) in [4.78, 5) is 58.3. The third-order valence-electron chi connectivity index (χ3n) is 7.99. The van der Waals surface area contributed by atoms with Crippen molar-refractivity contribution in [2.45, 2.75) is 118 Å². The summed E-state index contributed by atoms with van der Waals surface area (Å²) in [6, 6.07) is 0. The minimum absolute atomic E-state index is 0.0248. The molecule has 0 aliphatic heterocycles. The minimum atomic E-state index is -0.480. The Morgan fingerprint density at radius 2 is 0.731 bits per heavy atom. The summed E-state index contributed by atoms with van der Waals surface area (Å²) in [6.45, 7) is 30.3. The summed E-state index contributed by atoms with van der Waals surface area (Å²) in [5.41, 5.74) is -1.33. The first-order chi connectivity index (χ1) is 37.2. The Balaban J connectivity index is -0.000000527. The molecular weight excluding hydrogens is 1030 g/mol. The fourth-order valence-electron chi connectivity index (χ4n) is 4.85. The van der Waals surface area contributed by atoms with E-state index in [4.69, 9.17) is 86.4 Å². The highest BCUT2D eigenvalue weighted by Gasteiger charge is 2.17. The molecule has 0 aliphatic carbocycles. The molecule has 0 fully saturated rings. The van der Waals surface area contributed by atoms with Crippen LogP contribution in [0.1, 0.15) is 101 Å². The fraction of sp³-hybridized carbons (Fsp3) is 0.868. The Kier molecular flexibility index (Phi) is 63.0. The number of amides is 1. The maximum absolute atomic E-state index is 11.5. The van der Waals surface area contributed by atoms with Crippen LogP contribution < -0.4 is 5.32 Å². The number of unbranched alkanes of at least 4 members (excludes halogenated alkanes) is 3. The van der Waals surface area contributed by atoms with Gasteiger partial charge < -0.3 is 91.7 Å². The summed E-state index contributed by atoms with van der Waals surface area (Å²) < 4.78 is 77.5. The minimum Gasteiger partial charge on any atom is -0.460 e. The van der Waals surface area contributed by atoms with E-state index in [9.17, 15) is 24.0 Å². The van der Waals surface area contributed by atoms with Gasteiger partial charge in [0, 0.05) is 12.6 Å². The lowest BCUT2D eigenvalue weighted by Crippen LogP contribution is -2.26. The molecule has 1 amide bonds. The van der Waals surface area contributed by atoms with Crippen molar-refractivity contribution in [3.05, 3.63) is 12.7 Å². The zero-order chi connectivity index (χ0) is 59.3. The van der Waals surface area contributed by atoms with E-state index in [1.54, 1.807) is 0 Å². The number of aliphatic hydroxyl groups is 3. The topological polar surface area (TPSA) is 309 Å². The summed E-state index contributed by atoms with van der Waals surface area (Å²) >= 11 is 0. The maximum atomic E-state index is 11.5. The standard InChI is InChI=1S/C23H42N2O9.C15H30O7.C8H18O5.C7H12O2/c1-23(2,3)34-21(27)8-11-29-12-13-30-14-15-31-16-17-32-18-19-33-22(28)25-10-7-5-4-6-9-24-20-26;1-15(2,3)22-14(17)4-6-18-8-10-20-12-13-21-11-9-19-7-5-16;9-1-3-11-5-7-13-8-6-12-4-2-10;1-5-6(8)9-7(2,3)4/h4-19H2,1-3H3,(H,25,28);16H,4-13H2,1-3H3;9-10H,1-8H2;5H,1H2,2-4H3. The van der Waals surface area contributed by atoms with Crippen LogP contribution in [-0.2, 0) is 90.2 Å². The fourth-order valence-corrected chi connectivity index (χ4v) is 4.85. The van der Waals surface area contributed by atoms with E-state index >= 15 is 0 Å². The maximum Gasteiger partial charge on any atom is 0.407 e. The van der Waals surface area contributed by atoms with Crippen molar-refractivity contribution in [2.75, 3.05) is 185 Å². The molecule has 0 aliphatic rings. The van der Waals surface area contributed by atoms with Gasteiger partial charge in [-0.05, 0) is 75.2 Å². The molecule has 0 bridgehead atoms. The van der Waals surface area contributed by atoms with E-state index in [2.05, 4.69) is 16.9 Å². The Labute approximate surface area is 464 Å². The summed E-state index contributed by atoms with van der Waals surface area (Å²) in [6.07, 6.45) is 6.27. The van der Waals surface area contributed by atoms with Crippen molar-refractivity contribution in [2.24, 2.45) is 4.99 Å². The summed E-state index contributed by atoms with van der Waals surface area (Å²) in [7, 11) is 0. The molecule has 0 unspecified atom stereocenters. The number of hydrogen-bond acceptors (Lipinski definition) is 24. The van der Waals surface area contributed by atoms with Gasteiger partial charge >= 0.3 is 24.0 Å². The number of rotatable bonds is 47. The molecule has 0 atom stereocenters. The predicted molar refractivity (Wildman–Crippen MR) is 288 cm³/mol. The number of carbonyl (C=O) groups excluding carboxylic acids is 5. The largest absolute Gasteiger partial charge is 0.460 e. The molecule has 25 heteroatoms. The number of nitrogens with zero attached hydrogens (tertiary/aromatic N) is 1. The van der Waals surface area contributed by atoms with E-state index in [-0.39, 0.29) is 57.2 Å². The van der Waals surface area contributed by atoms with Gasteiger partial charge in [0.25, 0.3) is 0 Å². The third kappa shape index (κ3) is 83.6. The number of aliphatic hydroxyl groups excluding tert-OH is 3. The molecule has 0 heterocycles. The second kappa shape index (κ2) is 60.9. The van der Waals surface area contributed by atoms with Crippen LogP contribution in [0.3, 0.4) is 0 Å². The number of hydrogen-bond donors (Lipinski definition) is 4. The first-order valence-corrected chi connectivity index (χ1v) is 26.6. The van der Waals surface area contributed by atoms with E-state index < -0.39 is 22.9 Å². The van der Waals surface area contributed by atoms with Gasteiger partial charge in [-0.25, -0.2) is 19.4 Å². The zero-order valence-corrected chi connectivity index (χ0v) is 48.8. The van der Waals surface area contributed by atoms with Crippen LogP contribution in [0.4, 0.5) is 4.79 Å². The molecular formula is C53H102N2O23. The number of aliphatic imine (C=N–C) groups is 1. The Morgan fingerprint density at radius 1 is 0.436 bits per heavy atom. The van der Waals surface area contributed by atoms with E-state index in [0.29, 0.717) is 158 Å². The lowest BCUT2D eigenvalue weighted by Gasteiger charge is -2.19. The molecule has 0 spiro atoms. The molecule has 0 rings (SSSR count). The summed E-state index contributed by atoms with van der Waals surface area (Å²) in [5.74, 6) is -0.909. The van der Waals surface area contributed by atoms with Gasteiger partial charge in [-0.15, -0.1) is 0 Å². The van der Waals surface area contributed by atoms with Crippen molar-refractivity contribution in [3.63, 3.8) is 0 Å². The van der Waals surface area contributed by atoms with E-state index in [1.165, 1.54) is 6.08 Å². The highest BCUT2D eigenvalue weighted by molar-refractivity contribution is 5.81. The number of ether oxygens (including phenoxy) is 15. The van der Waals surface area contributed by atoms with E-state index in [1.807, 2.05) is 62.3 Å². The van der Waals surface area contributed by atoms with Crippen molar-refractivity contribution < 1.29 is 110 Å². The van der Waals surface area contributed by atoms with Crippen LogP contribution in [0.15, 0.2) is 17.6 Å². The molecule has 4 N–H and O–H groups in total. The highest BCUT2D eigenvalue weighted by Crippen LogP contribution is 2.09. The van der Waals surface area contributed by atoms with Gasteiger partial charge in [0.05, 0.1) is 185 Å². The van der Waals surface area contributed by atoms with Gasteiger partial charge in [0.15, 0.2) is 0 Å². The lowest BCUT2D eigenvalue weighted by molar-refractivity contribution is -0.157. The average molecular weight is 1140 g/mol. The molecule has 0 aromatic carbocycles. The molecule has 462 valence electrons. The predicted octanol–water partition coefficient (Wildman–Crippen LogP) is 3.72. The number of alkyl carbamates (subject to hydrolysis) is 1. The van der Waals surface area contributed by atoms with Gasteiger partial charge in [-0.2, -0.15) is 0 Å². The Hall–Kier alpha value is -3.76. The van der Waals surface area contributed by atoms with Gasteiger partial charge in [-0.1, -0.05) is 19.4 Å². The molecule has 0 radical (unpaired) electrons. The molecule has 0 saturated heterocycles. The summed E-state index contributed by atoms with van der Waals surface area (Å²) in [5, 5.41) is 27.9. The SMILES string of the molecule is C=CC(=O)OC(C)(C)C.CC(C)(C)OC(=O)CCOCCOCCOCCOCCO.CC(C)(C)OC(=O)CCOCCOCCOCCOCCOC(=O)NCCCCCCN=C=O.OCCOCCOCCOCCO. The van der Waals surface area contributed by atoms with Crippen LogP contribution in [0, 0.1) is 0 Å². The smallest absolute Gasteiger partial charge is 0.407 e. The van der Waals surface area contributed by atoms with Crippen molar-refractivity contribution >= 4 is 30.1 Å². The normalized spacial score (nSPS) is 11.1. The van der Waals surface area contributed by atoms with Crippen LogP contribution in [0.5, 0.6) is 0 Å². The highest BCUT2D eigenvalue weighted by atomic mass is 16.6. The van der Waals surface area contributed by atoms with Crippen LogP contribution in [0.25, 0.3) is 0 Å². The Morgan fingerprint density at radius 3 is 1.01 bits per heavy atom. The van der Waals surface area contributed by atoms with Crippen LogP contribution >= 0.6 is 0 Å². The van der Waals surface area contributed by atoms with Crippen LogP contribution in [0.2, 0.25) is 0 Å². The van der Waals surface area contributed by atoms with Gasteiger partial charge in [-0.3, -0.25) is 9.59 Å². The number of nitrogens with one attached hydrogen (secondary N) is 1. The third-order valence-corrected chi connectivity index (χ3v) is 7.99. The number of isocyanates is 1. The molecule has 0 aromatic heterocycles. The zero-order valence-electron chi connectivity index (χ0n) is 48.8. The lowest BCUT2D eigenvalue weighted by atomic mass is 10.2. The van der Waals surface area contributed by atoms with Crippen LogP contribution in [-0.4, -0.2) is 247 Å². The van der Waals surface area contributed by atoms with Gasteiger partial charge in [0.2, 0.25) is 6.08 Å².